The van der Waals surface area contributed by atoms with Gasteiger partial charge in [-0.2, -0.15) is 4.31 Å². The van der Waals surface area contributed by atoms with E-state index in [1.54, 1.807) is 6.92 Å². The van der Waals surface area contributed by atoms with Gasteiger partial charge in [-0.3, -0.25) is 0 Å². The molecule has 0 amide bonds. The summed E-state index contributed by atoms with van der Waals surface area (Å²) in [6.45, 7) is 7.33. The van der Waals surface area contributed by atoms with Gasteiger partial charge in [0.05, 0.1) is 22.8 Å². The molecule has 2 atom stereocenters. The van der Waals surface area contributed by atoms with Gasteiger partial charge >= 0.3 is 0 Å². The van der Waals surface area contributed by atoms with Gasteiger partial charge in [0.1, 0.15) is 5.82 Å². The standard InChI is InChI=1S/C14H21FN2O3S/c1-8-5-12(15)13(16)11(4)14(8)21(18,19)17-6-9(2)20-10(3)7-17/h5,9-10H,6-7,16H2,1-4H3. The lowest BCUT2D eigenvalue weighted by atomic mass is 10.1. The Morgan fingerprint density at radius 3 is 2.33 bits per heavy atom. The van der Waals surface area contributed by atoms with Crippen LogP contribution >= 0.6 is 0 Å². The molecule has 0 bridgehead atoms. The monoisotopic (exact) mass is 316 g/mol. The molecule has 2 unspecified atom stereocenters. The van der Waals surface area contributed by atoms with Gasteiger partial charge in [0.15, 0.2) is 0 Å². The fourth-order valence-electron chi connectivity index (χ4n) is 2.78. The Morgan fingerprint density at radius 2 is 1.81 bits per heavy atom. The fraction of sp³-hybridized carbons (Fsp3) is 0.571. The van der Waals surface area contributed by atoms with E-state index in [1.807, 2.05) is 13.8 Å². The lowest BCUT2D eigenvalue weighted by Crippen LogP contribution is -2.48. The zero-order valence-electron chi connectivity index (χ0n) is 12.7. The molecule has 0 aromatic heterocycles. The topological polar surface area (TPSA) is 72.6 Å². The van der Waals surface area contributed by atoms with Crippen molar-refractivity contribution in [3.05, 3.63) is 23.0 Å². The third kappa shape index (κ3) is 2.90. The summed E-state index contributed by atoms with van der Waals surface area (Å²) in [4.78, 5) is 0.0997. The van der Waals surface area contributed by atoms with E-state index in [1.165, 1.54) is 17.3 Å². The quantitative estimate of drug-likeness (QED) is 0.845. The van der Waals surface area contributed by atoms with Crippen LogP contribution in [0.4, 0.5) is 10.1 Å². The largest absolute Gasteiger partial charge is 0.396 e. The van der Waals surface area contributed by atoms with Crippen LogP contribution in [0.5, 0.6) is 0 Å². The molecule has 1 aromatic carbocycles. The van der Waals surface area contributed by atoms with Crippen LogP contribution in [-0.4, -0.2) is 38.0 Å². The molecule has 1 aromatic rings. The Bertz CT molecular complexity index is 651. The number of aryl methyl sites for hydroxylation is 1. The summed E-state index contributed by atoms with van der Waals surface area (Å²) in [5.41, 5.74) is 6.16. The summed E-state index contributed by atoms with van der Waals surface area (Å²) in [7, 11) is -3.72. The number of halogens is 1. The molecular formula is C14H21FN2O3S. The van der Waals surface area contributed by atoms with Gasteiger partial charge in [0.25, 0.3) is 0 Å². The van der Waals surface area contributed by atoms with Crippen molar-refractivity contribution < 1.29 is 17.5 Å². The van der Waals surface area contributed by atoms with Crippen molar-refractivity contribution in [2.45, 2.75) is 44.8 Å². The van der Waals surface area contributed by atoms with Gasteiger partial charge < -0.3 is 10.5 Å². The molecule has 0 saturated carbocycles. The van der Waals surface area contributed by atoms with Crippen molar-refractivity contribution in [3.8, 4) is 0 Å². The average Bonchev–Trinajstić information content (AvgIpc) is 2.34. The Kier molecular flexibility index (Phi) is 4.28. The third-order valence-corrected chi connectivity index (χ3v) is 5.81. The van der Waals surface area contributed by atoms with Gasteiger partial charge in [0.2, 0.25) is 10.0 Å². The van der Waals surface area contributed by atoms with Crippen LogP contribution in [0.3, 0.4) is 0 Å². The first kappa shape index (κ1) is 16.2. The van der Waals surface area contributed by atoms with Gasteiger partial charge in [-0.15, -0.1) is 0 Å². The van der Waals surface area contributed by atoms with Gasteiger partial charge in [0, 0.05) is 13.1 Å². The Hall–Kier alpha value is -1.18. The van der Waals surface area contributed by atoms with E-state index >= 15 is 0 Å². The summed E-state index contributed by atoms with van der Waals surface area (Å²) in [6.07, 6.45) is -0.358. The summed E-state index contributed by atoms with van der Waals surface area (Å²) in [5.74, 6) is -0.590. The molecule has 1 aliphatic rings. The highest BCUT2D eigenvalue weighted by Crippen LogP contribution is 2.31. The maximum Gasteiger partial charge on any atom is 0.243 e. The van der Waals surface area contributed by atoms with Crippen molar-refractivity contribution in [2.24, 2.45) is 0 Å². The maximum absolute atomic E-state index is 13.6. The van der Waals surface area contributed by atoms with Crippen molar-refractivity contribution in [1.82, 2.24) is 4.31 Å². The number of nitrogen functional groups attached to an aromatic ring is 1. The first-order chi connectivity index (χ1) is 9.64. The highest BCUT2D eigenvalue weighted by molar-refractivity contribution is 7.89. The van der Waals surface area contributed by atoms with E-state index in [4.69, 9.17) is 10.5 Å². The second-order valence-corrected chi connectivity index (χ2v) is 7.50. The normalized spacial score (nSPS) is 24.2. The molecule has 0 spiro atoms. The van der Waals surface area contributed by atoms with E-state index in [9.17, 15) is 12.8 Å². The second kappa shape index (κ2) is 5.55. The van der Waals surface area contributed by atoms with E-state index < -0.39 is 15.8 Å². The smallest absolute Gasteiger partial charge is 0.243 e. The summed E-state index contributed by atoms with van der Waals surface area (Å²) in [5, 5.41) is 0. The van der Waals surface area contributed by atoms with E-state index in [0.29, 0.717) is 5.56 Å². The number of hydrogen-bond donors (Lipinski definition) is 1. The summed E-state index contributed by atoms with van der Waals surface area (Å²) in [6, 6.07) is 1.17. The number of sulfonamides is 1. The van der Waals surface area contributed by atoms with Crippen molar-refractivity contribution in [3.63, 3.8) is 0 Å². The fourth-order valence-corrected chi connectivity index (χ4v) is 4.82. The molecule has 21 heavy (non-hydrogen) atoms. The van der Waals surface area contributed by atoms with Crippen LogP contribution in [0.15, 0.2) is 11.0 Å². The number of rotatable bonds is 2. The highest BCUT2D eigenvalue weighted by atomic mass is 32.2. The Morgan fingerprint density at radius 1 is 1.29 bits per heavy atom. The van der Waals surface area contributed by atoms with E-state index in [-0.39, 0.29) is 41.4 Å². The van der Waals surface area contributed by atoms with Crippen LogP contribution in [-0.2, 0) is 14.8 Å². The molecule has 0 aliphatic carbocycles. The minimum atomic E-state index is -3.72. The molecule has 1 fully saturated rings. The lowest BCUT2D eigenvalue weighted by Gasteiger charge is -2.35. The predicted molar refractivity (Wildman–Crippen MR) is 79.1 cm³/mol. The Balaban J connectivity index is 2.52. The first-order valence-electron chi connectivity index (χ1n) is 6.85. The number of morpholine rings is 1. The molecule has 118 valence electrons. The lowest BCUT2D eigenvalue weighted by molar-refractivity contribution is -0.0441. The summed E-state index contributed by atoms with van der Waals surface area (Å²) >= 11 is 0. The summed E-state index contributed by atoms with van der Waals surface area (Å²) < 4.78 is 46.3. The number of nitrogens with two attached hydrogens (primary N) is 1. The third-order valence-electron chi connectivity index (χ3n) is 3.69. The maximum atomic E-state index is 13.6. The van der Waals surface area contributed by atoms with Crippen LogP contribution in [0.2, 0.25) is 0 Å². The zero-order valence-corrected chi connectivity index (χ0v) is 13.5. The molecule has 7 heteroatoms. The predicted octanol–water partition coefficient (Wildman–Crippen LogP) is 1.82. The van der Waals surface area contributed by atoms with Gasteiger partial charge in [-0.25, -0.2) is 12.8 Å². The number of benzene rings is 1. The van der Waals surface area contributed by atoms with E-state index in [2.05, 4.69) is 0 Å². The van der Waals surface area contributed by atoms with Crippen molar-refractivity contribution in [2.75, 3.05) is 18.8 Å². The molecule has 2 rings (SSSR count). The number of anilines is 1. The highest BCUT2D eigenvalue weighted by Gasteiger charge is 2.34. The Labute approximate surface area is 124 Å². The van der Waals surface area contributed by atoms with Gasteiger partial charge in [-0.05, 0) is 44.9 Å². The van der Waals surface area contributed by atoms with Crippen LogP contribution in [0, 0.1) is 19.7 Å². The van der Waals surface area contributed by atoms with Crippen LogP contribution in [0.25, 0.3) is 0 Å². The average molecular weight is 316 g/mol. The number of nitrogens with zero attached hydrogens (tertiary/aromatic N) is 1. The molecular weight excluding hydrogens is 295 g/mol. The SMILES string of the molecule is Cc1cc(F)c(N)c(C)c1S(=O)(=O)N1CC(C)OC(C)C1. The molecule has 1 heterocycles. The minimum absolute atomic E-state index is 0.0997. The van der Waals surface area contributed by atoms with Crippen molar-refractivity contribution >= 4 is 15.7 Å². The van der Waals surface area contributed by atoms with Crippen LogP contribution in [0.1, 0.15) is 25.0 Å². The molecule has 2 N–H and O–H groups in total. The zero-order chi connectivity index (χ0) is 15.9. The minimum Gasteiger partial charge on any atom is -0.396 e. The number of ether oxygens (including phenoxy) is 1. The van der Waals surface area contributed by atoms with E-state index in [0.717, 1.165) is 0 Å². The first-order valence-corrected chi connectivity index (χ1v) is 8.29. The molecule has 1 saturated heterocycles. The molecule has 5 nitrogen and oxygen atoms in total. The van der Waals surface area contributed by atoms with Crippen molar-refractivity contribution in [1.29, 1.82) is 0 Å². The molecule has 0 radical (unpaired) electrons. The van der Waals surface area contributed by atoms with Gasteiger partial charge in [-0.1, -0.05) is 0 Å². The van der Waals surface area contributed by atoms with Crippen LogP contribution < -0.4 is 5.73 Å². The molecule has 1 aliphatic heterocycles. The number of hydrogen-bond acceptors (Lipinski definition) is 4. The second-order valence-electron chi connectivity index (χ2n) is 5.62.